The molecule has 1 fully saturated rings. The Labute approximate surface area is 129 Å². The number of rotatable bonds is 7. The van der Waals surface area contributed by atoms with E-state index in [0.717, 1.165) is 5.56 Å². The molecule has 1 aliphatic rings. The summed E-state index contributed by atoms with van der Waals surface area (Å²) in [5.41, 5.74) is -0.208. The second-order valence-corrected chi connectivity index (χ2v) is 7.13. The zero-order valence-electron chi connectivity index (χ0n) is 12.6. The van der Waals surface area contributed by atoms with Crippen molar-refractivity contribution in [3.8, 4) is 0 Å². The second-order valence-electron chi connectivity index (χ2n) is 5.36. The number of esters is 1. The molecule has 1 saturated carbocycles. The van der Waals surface area contributed by atoms with Crippen molar-refractivity contribution in [3.63, 3.8) is 0 Å². The fourth-order valence-corrected chi connectivity index (χ4v) is 3.10. The molecule has 0 atom stereocenters. The molecule has 1 aliphatic carbocycles. The summed E-state index contributed by atoms with van der Waals surface area (Å²) in [5, 5.41) is 0. The number of hydrogen-bond acceptors (Lipinski definition) is 5. The molecule has 7 heteroatoms. The Morgan fingerprint density at radius 2 is 1.82 bits per heavy atom. The van der Waals surface area contributed by atoms with Crippen LogP contribution < -0.4 is 4.72 Å². The minimum atomic E-state index is -3.77. The number of sulfonamides is 1. The molecule has 0 saturated heterocycles. The summed E-state index contributed by atoms with van der Waals surface area (Å²) in [6, 6.07) is 6.30. The van der Waals surface area contributed by atoms with Crippen LogP contribution in [-0.2, 0) is 24.3 Å². The lowest BCUT2D eigenvalue weighted by Crippen LogP contribution is -2.37. The number of Topliss-reactive ketones (excluding diaryl/α,β-unsaturated/α-hetero) is 1. The van der Waals surface area contributed by atoms with Crippen LogP contribution in [0.5, 0.6) is 0 Å². The molecule has 6 nitrogen and oxygen atoms in total. The van der Waals surface area contributed by atoms with Crippen LogP contribution in [0, 0.1) is 12.3 Å². The highest BCUT2D eigenvalue weighted by Gasteiger charge is 2.57. The van der Waals surface area contributed by atoms with Crippen molar-refractivity contribution in [1.82, 2.24) is 4.72 Å². The number of carbonyl (C=O) groups is 2. The molecular formula is C15H19NO5S. The molecule has 0 unspecified atom stereocenters. The molecule has 1 N–H and O–H groups in total. The molecular weight excluding hydrogens is 306 g/mol. The van der Waals surface area contributed by atoms with Gasteiger partial charge in [-0.25, -0.2) is 13.1 Å². The maximum absolute atomic E-state index is 12.1. The van der Waals surface area contributed by atoms with Gasteiger partial charge in [-0.1, -0.05) is 17.7 Å². The summed E-state index contributed by atoms with van der Waals surface area (Å²) in [7, 11) is -3.77. The van der Waals surface area contributed by atoms with Gasteiger partial charge < -0.3 is 4.74 Å². The first-order valence-corrected chi connectivity index (χ1v) is 8.57. The van der Waals surface area contributed by atoms with Crippen LogP contribution in [0.2, 0.25) is 0 Å². The molecule has 1 aromatic rings. The van der Waals surface area contributed by atoms with Crippen molar-refractivity contribution in [2.24, 2.45) is 5.41 Å². The van der Waals surface area contributed by atoms with E-state index in [1.54, 1.807) is 19.1 Å². The molecule has 0 amide bonds. The predicted molar refractivity (Wildman–Crippen MR) is 79.7 cm³/mol. The van der Waals surface area contributed by atoms with Crippen molar-refractivity contribution in [2.45, 2.75) is 31.6 Å². The van der Waals surface area contributed by atoms with Crippen LogP contribution >= 0.6 is 0 Å². The summed E-state index contributed by atoms with van der Waals surface area (Å²) in [6.45, 7) is 3.31. The second kappa shape index (κ2) is 6.18. The highest BCUT2D eigenvalue weighted by Crippen LogP contribution is 2.47. The van der Waals surface area contributed by atoms with Gasteiger partial charge in [-0.05, 0) is 38.8 Å². The van der Waals surface area contributed by atoms with Crippen LogP contribution in [0.3, 0.4) is 0 Å². The lowest BCUT2D eigenvalue weighted by atomic mass is 10.0. The Kier molecular flexibility index (Phi) is 4.67. The summed E-state index contributed by atoms with van der Waals surface area (Å²) >= 11 is 0. The predicted octanol–water partition coefficient (Wildman–Crippen LogP) is 1.19. The van der Waals surface area contributed by atoms with Crippen molar-refractivity contribution >= 4 is 21.8 Å². The molecule has 0 bridgehead atoms. The van der Waals surface area contributed by atoms with Gasteiger partial charge in [0.1, 0.15) is 5.41 Å². The summed E-state index contributed by atoms with van der Waals surface area (Å²) < 4.78 is 31.4. The van der Waals surface area contributed by atoms with Gasteiger partial charge in [0.15, 0.2) is 5.78 Å². The number of hydrogen-bond donors (Lipinski definition) is 1. The fourth-order valence-electron chi connectivity index (χ4n) is 2.12. The normalized spacial score (nSPS) is 16.1. The quantitative estimate of drug-likeness (QED) is 0.601. The minimum absolute atomic E-state index is 0.0897. The van der Waals surface area contributed by atoms with Gasteiger partial charge in [0, 0.05) is 0 Å². The number of carbonyl (C=O) groups excluding carboxylic acids is 2. The summed E-state index contributed by atoms with van der Waals surface area (Å²) in [4.78, 5) is 24.0. The third-order valence-corrected chi connectivity index (χ3v) is 5.12. The largest absolute Gasteiger partial charge is 0.465 e. The van der Waals surface area contributed by atoms with Gasteiger partial charge in [0.2, 0.25) is 10.0 Å². The van der Waals surface area contributed by atoms with Gasteiger partial charge in [-0.15, -0.1) is 0 Å². The highest BCUT2D eigenvalue weighted by molar-refractivity contribution is 7.89. The number of benzene rings is 1. The highest BCUT2D eigenvalue weighted by atomic mass is 32.2. The van der Waals surface area contributed by atoms with Gasteiger partial charge in [-0.3, -0.25) is 9.59 Å². The van der Waals surface area contributed by atoms with Crippen molar-refractivity contribution in [3.05, 3.63) is 29.8 Å². The van der Waals surface area contributed by atoms with E-state index in [4.69, 9.17) is 4.74 Å². The Bertz CT molecular complexity index is 674. The maximum Gasteiger partial charge on any atom is 0.319 e. The van der Waals surface area contributed by atoms with Crippen molar-refractivity contribution in [2.75, 3.05) is 13.2 Å². The van der Waals surface area contributed by atoms with Crippen LogP contribution in [0.15, 0.2) is 29.2 Å². The van der Waals surface area contributed by atoms with Crippen LogP contribution in [0.4, 0.5) is 0 Å². The molecule has 0 aliphatic heterocycles. The zero-order valence-corrected chi connectivity index (χ0v) is 13.4. The topological polar surface area (TPSA) is 89.5 Å². The van der Waals surface area contributed by atoms with E-state index in [1.165, 1.54) is 12.1 Å². The standard InChI is InChI=1S/C15H19NO5S/c1-3-21-14(18)15(8-9-15)13(17)10-16-22(19,20)12-6-4-11(2)5-7-12/h4-7,16H,3,8-10H2,1-2H3. The third-order valence-electron chi connectivity index (χ3n) is 3.70. The molecule has 120 valence electrons. The molecule has 2 rings (SSSR count). The molecule has 0 spiro atoms. The Morgan fingerprint density at radius 3 is 2.32 bits per heavy atom. The maximum atomic E-state index is 12.1. The number of ether oxygens (including phenoxy) is 1. The molecule has 0 heterocycles. The lowest BCUT2D eigenvalue weighted by Gasteiger charge is -2.13. The average molecular weight is 325 g/mol. The fraction of sp³-hybridized carbons (Fsp3) is 0.467. The van der Waals surface area contributed by atoms with Crippen LogP contribution in [0.1, 0.15) is 25.3 Å². The number of nitrogens with one attached hydrogen (secondary N) is 1. The van der Waals surface area contributed by atoms with Gasteiger partial charge in [-0.2, -0.15) is 0 Å². The number of ketones is 1. The van der Waals surface area contributed by atoms with Crippen LogP contribution in [0.25, 0.3) is 0 Å². The van der Waals surface area contributed by atoms with Crippen molar-refractivity contribution < 1.29 is 22.7 Å². The lowest BCUT2D eigenvalue weighted by molar-refractivity contribution is -0.153. The first-order chi connectivity index (χ1) is 10.3. The Morgan fingerprint density at radius 1 is 1.23 bits per heavy atom. The monoisotopic (exact) mass is 325 g/mol. The van der Waals surface area contributed by atoms with E-state index in [2.05, 4.69) is 4.72 Å². The van der Waals surface area contributed by atoms with E-state index >= 15 is 0 Å². The summed E-state index contributed by atoms with van der Waals surface area (Å²) in [5.74, 6) is -1.00. The molecule has 22 heavy (non-hydrogen) atoms. The molecule has 0 radical (unpaired) electrons. The van der Waals surface area contributed by atoms with Crippen molar-refractivity contribution in [1.29, 1.82) is 0 Å². The first-order valence-electron chi connectivity index (χ1n) is 7.09. The van der Waals surface area contributed by atoms with Gasteiger partial charge in [0.05, 0.1) is 18.0 Å². The zero-order chi connectivity index (χ0) is 16.4. The van der Waals surface area contributed by atoms with Gasteiger partial charge >= 0.3 is 5.97 Å². The van der Waals surface area contributed by atoms with E-state index in [1.807, 2.05) is 6.92 Å². The van der Waals surface area contributed by atoms with E-state index in [0.29, 0.717) is 12.8 Å². The smallest absolute Gasteiger partial charge is 0.319 e. The SMILES string of the molecule is CCOC(=O)C1(C(=O)CNS(=O)(=O)c2ccc(C)cc2)CC1. The van der Waals surface area contributed by atoms with E-state index < -0.39 is 33.7 Å². The van der Waals surface area contributed by atoms with E-state index in [9.17, 15) is 18.0 Å². The van der Waals surface area contributed by atoms with Gasteiger partial charge in [0.25, 0.3) is 0 Å². The minimum Gasteiger partial charge on any atom is -0.465 e. The average Bonchev–Trinajstić information content (AvgIpc) is 3.27. The Hall–Kier alpha value is -1.73. The third kappa shape index (κ3) is 3.36. The summed E-state index contributed by atoms with van der Waals surface area (Å²) in [6.07, 6.45) is 0.827. The first kappa shape index (κ1) is 16.6. The Balaban J connectivity index is 2.02. The molecule has 1 aromatic carbocycles. The van der Waals surface area contributed by atoms with Crippen LogP contribution in [-0.4, -0.2) is 33.3 Å². The molecule has 0 aromatic heterocycles. The number of aryl methyl sites for hydroxylation is 1. The van der Waals surface area contributed by atoms with E-state index in [-0.39, 0.29) is 11.5 Å².